The summed E-state index contributed by atoms with van der Waals surface area (Å²) in [6, 6.07) is 2.13. The summed E-state index contributed by atoms with van der Waals surface area (Å²) >= 11 is 0. The third kappa shape index (κ3) is 8.60. The molecule has 10 nitrogen and oxygen atoms in total. The SMILES string of the molecule is C[C@H](OC(=O)CCNS(=O)(=O)c1cccnc1)C(=O)NC(=O)NC(C)(C)C. The van der Waals surface area contributed by atoms with Gasteiger partial charge in [0, 0.05) is 24.5 Å². The first-order valence-corrected chi connectivity index (χ1v) is 9.61. The summed E-state index contributed by atoms with van der Waals surface area (Å²) in [5.74, 6) is -1.58. The molecular weight excluding hydrogens is 376 g/mol. The molecule has 0 radical (unpaired) electrons. The summed E-state index contributed by atoms with van der Waals surface area (Å²) in [6.45, 7) is 6.32. The fourth-order valence-corrected chi connectivity index (χ4v) is 2.77. The highest BCUT2D eigenvalue weighted by Gasteiger charge is 2.22. The van der Waals surface area contributed by atoms with E-state index in [1.165, 1.54) is 31.5 Å². The van der Waals surface area contributed by atoms with Gasteiger partial charge >= 0.3 is 12.0 Å². The van der Waals surface area contributed by atoms with Crippen LogP contribution in [0.1, 0.15) is 34.1 Å². The predicted octanol–water partition coefficient (Wildman–Crippen LogP) is 0.306. The molecule has 0 spiro atoms. The second-order valence-electron chi connectivity index (χ2n) is 6.66. The maximum atomic E-state index is 12.0. The number of hydrogen-bond donors (Lipinski definition) is 3. The number of nitrogens with one attached hydrogen (secondary N) is 3. The lowest BCUT2D eigenvalue weighted by molar-refractivity contribution is -0.154. The molecule has 0 aliphatic rings. The van der Waals surface area contributed by atoms with Crippen molar-refractivity contribution in [3.8, 4) is 0 Å². The van der Waals surface area contributed by atoms with Gasteiger partial charge < -0.3 is 10.1 Å². The minimum atomic E-state index is -3.79. The number of rotatable bonds is 7. The Morgan fingerprint density at radius 2 is 1.93 bits per heavy atom. The van der Waals surface area contributed by atoms with E-state index in [9.17, 15) is 22.8 Å². The number of carbonyl (C=O) groups excluding carboxylic acids is 3. The first-order chi connectivity index (χ1) is 12.4. The summed E-state index contributed by atoms with van der Waals surface area (Å²) in [6.07, 6.45) is 1.11. The van der Waals surface area contributed by atoms with E-state index in [1.54, 1.807) is 20.8 Å². The number of imide groups is 1. The van der Waals surface area contributed by atoms with Gasteiger partial charge in [-0.3, -0.25) is 19.9 Å². The van der Waals surface area contributed by atoms with Crippen LogP contribution in [0.15, 0.2) is 29.4 Å². The summed E-state index contributed by atoms with van der Waals surface area (Å²) in [4.78, 5) is 38.9. The Kier molecular flexibility index (Phi) is 7.85. The van der Waals surface area contributed by atoms with Crippen molar-refractivity contribution < 1.29 is 27.5 Å². The van der Waals surface area contributed by atoms with Gasteiger partial charge in [-0.05, 0) is 39.8 Å². The van der Waals surface area contributed by atoms with Crippen LogP contribution in [-0.2, 0) is 24.3 Å². The highest BCUT2D eigenvalue weighted by atomic mass is 32.2. The quantitative estimate of drug-likeness (QED) is 0.559. The van der Waals surface area contributed by atoms with Gasteiger partial charge in [-0.15, -0.1) is 0 Å². The molecule has 1 aromatic heterocycles. The molecule has 0 aliphatic heterocycles. The van der Waals surface area contributed by atoms with Crippen LogP contribution in [0.5, 0.6) is 0 Å². The number of esters is 1. The zero-order chi connectivity index (χ0) is 20.7. The molecule has 0 fully saturated rings. The van der Waals surface area contributed by atoms with E-state index < -0.39 is 39.6 Å². The van der Waals surface area contributed by atoms with Gasteiger partial charge in [-0.25, -0.2) is 17.9 Å². The van der Waals surface area contributed by atoms with E-state index >= 15 is 0 Å². The molecular formula is C16H24N4O6S. The fraction of sp³-hybridized carbons (Fsp3) is 0.500. The Balaban J connectivity index is 2.41. The Hall–Kier alpha value is -2.53. The summed E-state index contributed by atoms with van der Waals surface area (Å²) in [5.41, 5.74) is -0.532. The van der Waals surface area contributed by atoms with Crippen molar-refractivity contribution in [1.82, 2.24) is 20.3 Å². The minimum absolute atomic E-state index is 0.0315. The maximum absolute atomic E-state index is 12.0. The van der Waals surface area contributed by atoms with Crippen molar-refractivity contribution in [2.45, 2.75) is 50.7 Å². The predicted molar refractivity (Wildman–Crippen MR) is 96.0 cm³/mol. The van der Waals surface area contributed by atoms with Gasteiger partial charge in [0.1, 0.15) is 4.90 Å². The van der Waals surface area contributed by atoms with Crippen molar-refractivity contribution in [2.75, 3.05) is 6.54 Å². The van der Waals surface area contributed by atoms with Gasteiger partial charge in [0.2, 0.25) is 10.0 Å². The smallest absolute Gasteiger partial charge is 0.321 e. The monoisotopic (exact) mass is 400 g/mol. The van der Waals surface area contributed by atoms with Gasteiger partial charge in [0.05, 0.1) is 6.42 Å². The first-order valence-electron chi connectivity index (χ1n) is 8.13. The molecule has 1 rings (SSSR count). The number of pyridine rings is 1. The second kappa shape index (κ2) is 9.42. The van der Waals surface area contributed by atoms with E-state index in [1.807, 2.05) is 0 Å². The molecule has 1 heterocycles. The van der Waals surface area contributed by atoms with E-state index in [2.05, 4.69) is 20.3 Å². The average molecular weight is 400 g/mol. The lowest BCUT2D eigenvalue weighted by Gasteiger charge is -2.21. The van der Waals surface area contributed by atoms with Crippen LogP contribution in [0.4, 0.5) is 4.79 Å². The number of aromatic nitrogens is 1. The van der Waals surface area contributed by atoms with Gasteiger partial charge in [-0.2, -0.15) is 0 Å². The maximum Gasteiger partial charge on any atom is 0.321 e. The molecule has 0 saturated heterocycles. The van der Waals surface area contributed by atoms with Crippen LogP contribution >= 0.6 is 0 Å². The molecule has 27 heavy (non-hydrogen) atoms. The number of carbonyl (C=O) groups is 3. The van der Waals surface area contributed by atoms with Crippen LogP contribution in [0.3, 0.4) is 0 Å². The fourth-order valence-electron chi connectivity index (χ4n) is 1.77. The van der Waals surface area contributed by atoms with Gasteiger partial charge in [0.25, 0.3) is 5.91 Å². The molecule has 0 bridgehead atoms. The van der Waals surface area contributed by atoms with Crippen molar-refractivity contribution >= 4 is 27.9 Å². The van der Waals surface area contributed by atoms with Crippen LogP contribution in [0.25, 0.3) is 0 Å². The van der Waals surface area contributed by atoms with Crippen molar-refractivity contribution in [2.24, 2.45) is 0 Å². The number of ether oxygens (including phenoxy) is 1. The topological polar surface area (TPSA) is 144 Å². The van der Waals surface area contributed by atoms with E-state index in [0.717, 1.165) is 0 Å². The Labute approximate surface area is 158 Å². The summed E-state index contributed by atoms with van der Waals surface area (Å²) in [5, 5.41) is 4.59. The van der Waals surface area contributed by atoms with Crippen molar-refractivity contribution in [3.05, 3.63) is 24.5 Å². The number of nitrogens with zero attached hydrogens (tertiary/aromatic N) is 1. The Morgan fingerprint density at radius 3 is 2.48 bits per heavy atom. The summed E-state index contributed by atoms with van der Waals surface area (Å²) < 4.78 is 31.1. The van der Waals surface area contributed by atoms with E-state index in [-0.39, 0.29) is 17.9 Å². The molecule has 0 saturated carbocycles. The second-order valence-corrected chi connectivity index (χ2v) is 8.43. The highest BCUT2D eigenvalue weighted by molar-refractivity contribution is 7.89. The van der Waals surface area contributed by atoms with Crippen molar-refractivity contribution in [3.63, 3.8) is 0 Å². The highest BCUT2D eigenvalue weighted by Crippen LogP contribution is 2.05. The Bertz CT molecular complexity index is 774. The lowest BCUT2D eigenvalue weighted by Crippen LogP contribution is -2.50. The third-order valence-corrected chi connectivity index (χ3v) is 4.41. The van der Waals surface area contributed by atoms with Gasteiger partial charge in [0.15, 0.2) is 6.10 Å². The number of hydrogen-bond acceptors (Lipinski definition) is 7. The normalized spacial score (nSPS) is 12.7. The molecule has 0 aliphatic carbocycles. The van der Waals surface area contributed by atoms with Crippen molar-refractivity contribution in [1.29, 1.82) is 0 Å². The minimum Gasteiger partial charge on any atom is -0.452 e. The number of urea groups is 1. The number of sulfonamides is 1. The largest absolute Gasteiger partial charge is 0.452 e. The van der Waals surface area contributed by atoms with E-state index in [4.69, 9.17) is 4.74 Å². The summed E-state index contributed by atoms with van der Waals surface area (Å²) in [7, 11) is -3.79. The van der Waals surface area contributed by atoms with Crippen LogP contribution in [0, 0.1) is 0 Å². The molecule has 3 amide bonds. The zero-order valence-corrected chi connectivity index (χ0v) is 16.4. The molecule has 1 aromatic rings. The van der Waals surface area contributed by atoms with Crippen LogP contribution < -0.4 is 15.4 Å². The lowest BCUT2D eigenvalue weighted by atomic mass is 10.1. The molecule has 150 valence electrons. The molecule has 0 aromatic carbocycles. The van der Waals surface area contributed by atoms with Crippen LogP contribution in [0.2, 0.25) is 0 Å². The molecule has 3 N–H and O–H groups in total. The third-order valence-electron chi connectivity index (χ3n) is 2.97. The van der Waals surface area contributed by atoms with Gasteiger partial charge in [-0.1, -0.05) is 0 Å². The number of amides is 3. The van der Waals surface area contributed by atoms with E-state index in [0.29, 0.717) is 0 Å². The van der Waals surface area contributed by atoms with Crippen LogP contribution in [-0.4, -0.2) is 49.5 Å². The standard InChI is InChI=1S/C16H24N4O6S/c1-11(14(22)19-15(23)20-16(2,3)4)26-13(21)7-9-18-27(24,25)12-6-5-8-17-10-12/h5-6,8,10-11,18H,7,9H2,1-4H3,(H2,19,20,22,23)/t11-/m0/s1. The average Bonchev–Trinajstić information content (AvgIpc) is 2.53. The molecule has 0 unspecified atom stereocenters. The first kappa shape index (κ1) is 22.5. The molecule has 1 atom stereocenters. The Morgan fingerprint density at radius 1 is 1.26 bits per heavy atom. The molecule has 11 heteroatoms. The zero-order valence-electron chi connectivity index (χ0n) is 15.6.